The first-order valence-electron chi connectivity index (χ1n) is 5.75. The second-order valence-corrected chi connectivity index (χ2v) is 4.12. The molecule has 0 aromatic carbocycles. The SMILES string of the molecule is CNC(=O)CCN(C)Cc1nc(C)cc(NN)n1. The van der Waals surface area contributed by atoms with Crippen LogP contribution in [0.3, 0.4) is 0 Å². The van der Waals surface area contributed by atoms with E-state index in [2.05, 4.69) is 20.7 Å². The van der Waals surface area contributed by atoms with Gasteiger partial charge in [-0.1, -0.05) is 0 Å². The maximum atomic E-state index is 11.1. The topological polar surface area (TPSA) is 96.2 Å². The van der Waals surface area contributed by atoms with Gasteiger partial charge in [0.2, 0.25) is 5.91 Å². The molecule has 7 heteroatoms. The van der Waals surface area contributed by atoms with E-state index in [1.807, 2.05) is 18.9 Å². The van der Waals surface area contributed by atoms with E-state index in [1.165, 1.54) is 0 Å². The molecule has 0 aliphatic carbocycles. The van der Waals surface area contributed by atoms with Crippen molar-refractivity contribution in [3.05, 3.63) is 17.6 Å². The molecule has 0 aliphatic heterocycles. The predicted octanol–water partition coefficient (Wildman–Crippen LogP) is -0.361. The summed E-state index contributed by atoms with van der Waals surface area (Å²) in [5.74, 6) is 6.63. The molecule has 0 saturated carbocycles. The summed E-state index contributed by atoms with van der Waals surface area (Å²) in [5, 5.41) is 2.59. The molecule has 0 bridgehead atoms. The number of hydrogen-bond donors (Lipinski definition) is 3. The molecule has 0 unspecified atom stereocenters. The third-order valence-electron chi connectivity index (χ3n) is 2.46. The number of amides is 1. The summed E-state index contributed by atoms with van der Waals surface area (Å²) in [6.45, 7) is 3.12. The van der Waals surface area contributed by atoms with Crippen LogP contribution in [0.15, 0.2) is 6.07 Å². The summed E-state index contributed by atoms with van der Waals surface area (Å²) in [4.78, 5) is 21.7. The Bertz CT molecular complexity index is 409. The molecule has 0 fully saturated rings. The Morgan fingerprint density at radius 3 is 2.83 bits per heavy atom. The smallest absolute Gasteiger partial charge is 0.221 e. The van der Waals surface area contributed by atoms with Gasteiger partial charge >= 0.3 is 0 Å². The summed E-state index contributed by atoms with van der Waals surface area (Å²) in [7, 11) is 3.55. The number of hydrogen-bond acceptors (Lipinski definition) is 6. The summed E-state index contributed by atoms with van der Waals surface area (Å²) in [5.41, 5.74) is 3.36. The molecule has 1 heterocycles. The number of aryl methyl sites for hydroxylation is 1. The first-order valence-corrected chi connectivity index (χ1v) is 5.75. The zero-order valence-electron chi connectivity index (χ0n) is 11.0. The van der Waals surface area contributed by atoms with Crippen LogP contribution in [0.25, 0.3) is 0 Å². The Kier molecular flexibility index (Phi) is 5.47. The van der Waals surface area contributed by atoms with Crippen molar-refractivity contribution in [2.24, 2.45) is 5.84 Å². The number of nitrogens with zero attached hydrogens (tertiary/aromatic N) is 3. The Hall–Kier alpha value is -1.73. The molecule has 0 aliphatic rings. The standard InChI is InChI=1S/C11H20N6O/c1-8-6-9(16-12)15-10(14-8)7-17(3)5-4-11(18)13-2/h6H,4-5,7,12H2,1-3H3,(H,13,18)(H,14,15,16). The van der Waals surface area contributed by atoms with Gasteiger partial charge in [0.1, 0.15) is 11.6 Å². The lowest BCUT2D eigenvalue weighted by Crippen LogP contribution is -2.27. The fourth-order valence-electron chi connectivity index (χ4n) is 1.51. The second kappa shape index (κ2) is 6.87. The zero-order valence-corrected chi connectivity index (χ0v) is 11.0. The van der Waals surface area contributed by atoms with Crippen molar-refractivity contribution in [3.8, 4) is 0 Å². The van der Waals surface area contributed by atoms with Crippen molar-refractivity contribution < 1.29 is 4.79 Å². The van der Waals surface area contributed by atoms with Gasteiger partial charge in [-0.25, -0.2) is 15.8 Å². The molecule has 0 spiro atoms. The average Bonchev–Trinajstić information content (AvgIpc) is 2.35. The van der Waals surface area contributed by atoms with E-state index < -0.39 is 0 Å². The minimum atomic E-state index is 0.0244. The number of hydrazine groups is 1. The normalized spacial score (nSPS) is 10.5. The third-order valence-corrected chi connectivity index (χ3v) is 2.46. The first kappa shape index (κ1) is 14.3. The van der Waals surface area contributed by atoms with Gasteiger partial charge in [0, 0.05) is 31.8 Å². The summed E-state index contributed by atoms with van der Waals surface area (Å²) in [6.07, 6.45) is 0.459. The lowest BCUT2D eigenvalue weighted by atomic mass is 10.3. The number of aromatic nitrogens is 2. The van der Waals surface area contributed by atoms with Crippen LogP contribution in [0.5, 0.6) is 0 Å². The molecule has 1 aromatic rings. The third kappa shape index (κ3) is 4.64. The van der Waals surface area contributed by atoms with Crippen LogP contribution in [0.2, 0.25) is 0 Å². The lowest BCUT2D eigenvalue weighted by Gasteiger charge is -2.15. The molecule has 1 amide bonds. The fourth-order valence-corrected chi connectivity index (χ4v) is 1.51. The van der Waals surface area contributed by atoms with E-state index in [0.29, 0.717) is 31.2 Å². The minimum absolute atomic E-state index is 0.0244. The van der Waals surface area contributed by atoms with Crippen LogP contribution in [0.1, 0.15) is 17.9 Å². The maximum Gasteiger partial charge on any atom is 0.221 e. The van der Waals surface area contributed by atoms with Gasteiger partial charge in [0.15, 0.2) is 0 Å². The van der Waals surface area contributed by atoms with E-state index in [9.17, 15) is 4.79 Å². The average molecular weight is 252 g/mol. The number of nitrogens with one attached hydrogen (secondary N) is 2. The number of carbonyl (C=O) groups excluding carboxylic acids is 1. The van der Waals surface area contributed by atoms with Crippen molar-refractivity contribution in [2.75, 3.05) is 26.1 Å². The highest BCUT2D eigenvalue weighted by Gasteiger charge is 2.07. The van der Waals surface area contributed by atoms with Gasteiger partial charge in [-0.2, -0.15) is 0 Å². The number of nitrogen functional groups attached to an aromatic ring is 1. The van der Waals surface area contributed by atoms with Gasteiger partial charge < -0.3 is 10.7 Å². The Labute approximate surface area is 107 Å². The predicted molar refractivity (Wildman–Crippen MR) is 69.6 cm³/mol. The van der Waals surface area contributed by atoms with Crippen molar-refractivity contribution >= 4 is 11.7 Å². The van der Waals surface area contributed by atoms with Gasteiger partial charge in [0.05, 0.1) is 6.54 Å². The lowest BCUT2D eigenvalue weighted by molar-refractivity contribution is -0.120. The van der Waals surface area contributed by atoms with Gasteiger partial charge in [-0.05, 0) is 14.0 Å². The molecule has 0 atom stereocenters. The summed E-state index contributed by atoms with van der Waals surface area (Å²) >= 11 is 0. The number of rotatable bonds is 6. The Balaban J connectivity index is 2.55. The van der Waals surface area contributed by atoms with Crippen LogP contribution in [-0.4, -0.2) is 41.4 Å². The van der Waals surface area contributed by atoms with Crippen molar-refractivity contribution in [2.45, 2.75) is 19.9 Å². The fraction of sp³-hybridized carbons (Fsp3) is 0.545. The monoisotopic (exact) mass is 252 g/mol. The highest BCUT2D eigenvalue weighted by atomic mass is 16.1. The van der Waals surface area contributed by atoms with Crippen LogP contribution in [0, 0.1) is 6.92 Å². The molecule has 18 heavy (non-hydrogen) atoms. The number of carbonyl (C=O) groups is 1. The summed E-state index contributed by atoms with van der Waals surface area (Å²) in [6, 6.07) is 1.77. The van der Waals surface area contributed by atoms with E-state index >= 15 is 0 Å². The minimum Gasteiger partial charge on any atom is -0.359 e. The Morgan fingerprint density at radius 2 is 2.22 bits per heavy atom. The van der Waals surface area contributed by atoms with E-state index in [0.717, 1.165) is 5.69 Å². The number of anilines is 1. The second-order valence-electron chi connectivity index (χ2n) is 4.12. The van der Waals surface area contributed by atoms with E-state index in [1.54, 1.807) is 13.1 Å². The molecule has 1 aromatic heterocycles. The quantitative estimate of drug-likeness (QED) is 0.472. The molecule has 1 rings (SSSR count). The largest absolute Gasteiger partial charge is 0.359 e. The Morgan fingerprint density at radius 1 is 1.50 bits per heavy atom. The molecule has 0 saturated heterocycles. The molecule has 100 valence electrons. The van der Waals surface area contributed by atoms with Gasteiger partial charge in [-0.15, -0.1) is 0 Å². The molecular weight excluding hydrogens is 232 g/mol. The van der Waals surface area contributed by atoms with Crippen LogP contribution in [-0.2, 0) is 11.3 Å². The van der Waals surface area contributed by atoms with Crippen molar-refractivity contribution in [1.82, 2.24) is 20.2 Å². The van der Waals surface area contributed by atoms with Crippen molar-refractivity contribution in [3.63, 3.8) is 0 Å². The van der Waals surface area contributed by atoms with E-state index in [4.69, 9.17) is 5.84 Å². The highest BCUT2D eigenvalue weighted by Crippen LogP contribution is 2.06. The van der Waals surface area contributed by atoms with E-state index in [-0.39, 0.29) is 5.91 Å². The van der Waals surface area contributed by atoms with Crippen LogP contribution in [0.4, 0.5) is 5.82 Å². The van der Waals surface area contributed by atoms with Crippen LogP contribution < -0.4 is 16.6 Å². The molecular formula is C11H20N6O. The molecule has 4 N–H and O–H groups in total. The van der Waals surface area contributed by atoms with Gasteiger partial charge in [0.25, 0.3) is 0 Å². The maximum absolute atomic E-state index is 11.1. The highest BCUT2D eigenvalue weighted by molar-refractivity contribution is 5.75. The number of nitrogens with two attached hydrogens (primary N) is 1. The van der Waals surface area contributed by atoms with Crippen molar-refractivity contribution in [1.29, 1.82) is 0 Å². The zero-order chi connectivity index (χ0) is 13.5. The van der Waals surface area contributed by atoms with Crippen LogP contribution >= 0.6 is 0 Å². The molecule has 0 radical (unpaired) electrons. The first-order chi connectivity index (χ1) is 8.55. The molecule has 7 nitrogen and oxygen atoms in total. The van der Waals surface area contributed by atoms with Gasteiger partial charge in [-0.3, -0.25) is 9.69 Å². The summed E-state index contributed by atoms with van der Waals surface area (Å²) < 4.78 is 0.